The van der Waals surface area contributed by atoms with Gasteiger partial charge >= 0.3 is 0 Å². The highest BCUT2D eigenvalue weighted by molar-refractivity contribution is 5.03. The van der Waals surface area contributed by atoms with E-state index in [0.717, 1.165) is 0 Å². The predicted octanol–water partition coefficient (Wildman–Crippen LogP) is -12.7. The molecular formula is C36H61NO29. The molecule has 12 bridgehead atoms. The van der Waals surface area contributed by atoms with Crippen LogP contribution in [0.5, 0.6) is 0 Å². The van der Waals surface area contributed by atoms with Crippen LogP contribution in [0, 0.1) is 0 Å². The molecule has 0 aromatic heterocycles. The fourth-order valence-corrected chi connectivity index (χ4v) is 8.95. The maximum atomic E-state index is 11.3. The van der Waals surface area contributed by atoms with Crippen molar-refractivity contribution < 1.29 is 144 Å². The average Bonchev–Trinajstić information content (AvgIpc) is 3.30. The molecule has 66 heavy (non-hydrogen) atoms. The first-order valence-corrected chi connectivity index (χ1v) is 21.1. The Bertz CT molecular complexity index is 1510. The van der Waals surface area contributed by atoms with Gasteiger partial charge in [-0.3, -0.25) is 5.73 Å². The third-order valence-electron chi connectivity index (χ3n) is 12.9. The Morgan fingerprint density at radius 3 is 0.803 bits per heavy atom. The van der Waals surface area contributed by atoms with Gasteiger partial charge in [-0.1, -0.05) is 0 Å². The van der Waals surface area contributed by atoms with E-state index in [-0.39, 0.29) is 0 Å². The molecule has 0 aliphatic carbocycles. The summed E-state index contributed by atoms with van der Waals surface area (Å²) in [6.07, 6.45) is -56.6. The molecule has 384 valence electrons. The molecule has 22 heterocycles. The Labute approximate surface area is 373 Å². The fraction of sp³-hybridized carbons (Fsp3) is 1.00. The van der Waals surface area contributed by atoms with Crippen molar-refractivity contribution >= 4 is 0 Å². The summed E-state index contributed by atoms with van der Waals surface area (Å²) < 4.78 is 68.1. The molecule has 22 aliphatic rings. The fourth-order valence-electron chi connectivity index (χ4n) is 8.95. The molecule has 0 amide bonds. The summed E-state index contributed by atoms with van der Waals surface area (Å²) in [5.41, 5.74) is 3.84. The Morgan fingerprint density at radius 1 is 0.318 bits per heavy atom. The lowest BCUT2D eigenvalue weighted by atomic mass is 9.92. The van der Waals surface area contributed by atoms with E-state index in [1.807, 2.05) is 0 Å². The molecule has 22 saturated heterocycles. The summed E-state index contributed by atoms with van der Waals surface area (Å²) in [7, 11) is 0. The van der Waals surface area contributed by atoms with E-state index in [2.05, 4.69) is 0 Å². The van der Waals surface area contributed by atoms with E-state index in [1.54, 1.807) is 0 Å². The highest BCUT2D eigenvalue weighted by Gasteiger charge is 2.61. The van der Waals surface area contributed by atoms with Crippen molar-refractivity contribution in [1.82, 2.24) is 0 Å². The summed E-state index contributed by atoms with van der Waals surface area (Å²) >= 11 is 0. The third kappa shape index (κ3) is 9.63. The van der Waals surface area contributed by atoms with Gasteiger partial charge in [0.2, 0.25) is 0 Å². The Hall–Kier alpha value is -1.20. The van der Waals surface area contributed by atoms with Crippen LogP contribution in [0.4, 0.5) is 0 Å². The van der Waals surface area contributed by atoms with Gasteiger partial charge in [-0.15, -0.1) is 0 Å². The lowest BCUT2D eigenvalue weighted by Crippen LogP contribution is -2.74. The summed E-state index contributed by atoms with van der Waals surface area (Å²) in [5.74, 6) is 0. The largest absolute Gasteiger partial charge is 0.394 e. The first kappa shape index (κ1) is 52.6. The zero-order valence-corrected chi connectivity index (χ0v) is 34.9. The summed E-state index contributed by atoms with van der Waals surface area (Å²) in [5, 5.41) is 186. The lowest BCUT2D eigenvalue weighted by Gasteiger charge is -2.52. The van der Waals surface area contributed by atoms with Gasteiger partial charge in [-0.2, -0.15) is 0 Å². The lowest BCUT2D eigenvalue weighted by molar-refractivity contribution is -0.413. The minimum absolute atomic E-state index is 0.981. The molecular weight excluding hydrogens is 910 g/mol. The van der Waals surface area contributed by atoms with Crippen molar-refractivity contribution in [2.24, 2.45) is 5.73 Å². The van der Waals surface area contributed by atoms with Gasteiger partial charge in [0, 0.05) is 0 Å². The second-order valence-electron chi connectivity index (χ2n) is 17.1. The van der Waals surface area contributed by atoms with Crippen molar-refractivity contribution in [2.75, 3.05) is 33.0 Å². The van der Waals surface area contributed by atoms with Crippen LogP contribution < -0.4 is 5.73 Å². The second-order valence-corrected chi connectivity index (χ2v) is 17.1. The highest BCUT2D eigenvalue weighted by Crippen LogP contribution is 2.39. The zero-order chi connectivity index (χ0) is 48.3. The van der Waals surface area contributed by atoms with E-state index in [0.29, 0.717) is 0 Å². The topological polar surface area (TPSA) is 481 Å². The molecule has 19 N–H and O–H groups in total. The molecule has 0 aromatic carbocycles. The molecule has 30 heteroatoms. The third-order valence-corrected chi connectivity index (χ3v) is 12.9. The van der Waals surface area contributed by atoms with Gasteiger partial charge in [0.05, 0.1) is 33.0 Å². The van der Waals surface area contributed by atoms with Crippen LogP contribution in [0.1, 0.15) is 6.92 Å². The van der Waals surface area contributed by atoms with Crippen molar-refractivity contribution in [1.29, 1.82) is 0 Å². The van der Waals surface area contributed by atoms with Crippen molar-refractivity contribution in [3.05, 3.63) is 0 Å². The number of rotatable bonds is 5. The number of aliphatic hydroxyl groups excluding tert-OH is 17. The zero-order valence-electron chi connectivity index (χ0n) is 34.9. The SMILES string of the molecule is C[C@H]1O[C@@H]2O[C@H]3[C@H](O)[C@@H](O)[C@@H](O[C@H]4[C@H](O)[C@@H](O)[C@@H](O[C@H]5[C@H](O)[C@@H](O)[C@@H](O[C@H]6[C@H](O)[C@@H](O)[C@@H](O[C@H]7[C@H](O)[C@@H](O)[C@H](O[C@@H]7CO)O[C@@]1(N)[C@H](O)[C@H]2O)O[C@@H]6CO)O[C@@H]5CO)O[C@@H]4CO)O[C@@H]3CO. The van der Waals surface area contributed by atoms with Gasteiger partial charge in [-0.05, 0) is 6.92 Å². The molecule has 30 nitrogen and oxygen atoms in total. The molecule has 22 fully saturated rings. The first-order chi connectivity index (χ1) is 31.2. The van der Waals surface area contributed by atoms with E-state index in [9.17, 15) is 86.8 Å². The van der Waals surface area contributed by atoms with Crippen LogP contribution in [0.2, 0.25) is 0 Å². The van der Waals surface area contributed by atoms with Crippen LogP contribution in [-0.4, -0.2) is 304 Å². The average molecular weight is 972 g/mol. The summed E-state index contributed by atoms with van der Waals surface area (Å²) in [4.78, 5) is 0. The van der Waals surface area contributed by atoms with Gasteiger partial charge < -0.3 is 144 Å². The molecule has 0 aromatic rings. The Kier molecular flexibility index (Phi) is 16.9. The van der Waals surface area contributed by atoms with Gasteiger partial charge in [0.25, 0.3) is 0 Å². The van der Waals surface area contributed by atoms with Gasteiger partial charge in [-0.25, -0.2) is 0 Å². The Morgan fingerprint density at radius 2 is 0.545 bits per heavy atom. The quantitative estimate of drug-likeness (QED) is 0.122. The van der Waals surface area contributed by atoms with E-state index in [4.69, 9.17) is 62.6 Å². The van der Waals surface area contributed by atoms with Gasteiger partial charge in [0.15, 0.2) is 43.5 Å². The number of hydrogen-bond donors (Lipinski definition) is 18. The monoisotopic (exact) mass is 971 g/mol. The maximum absolute atomic E-state index is 11.3. The maximum Gasteiger partial charge on any atom is 0.189 e. The molecule has 22 rings (SSSR count). The first-order valence-electron chi connectivity index (χ1n) is 21.1. The van der Waals surface area contributed by atoms with Crippen LogP contribution in [-0.2, 0) is 56.8 Å². The standard InChI is InChI=1S/C36H61NO29/c1-7-36(37)29(54)23(53)34(55-7)65-27-11(5-41)59-32(21(51)16(27)46)63-25-9(3-39)57-30(19(49)14(25)44)61-24-8(2-38)56-31(18(48)13(24)43)62-26-10(4-40)58-33(20(50)15(26)45)64-28-12(6-42)60-35(66-36)22(52)17(28)47/h7-35,38-54H,2-6,37H2,1H3/t7-,8-,9-,10-,11-,12-,13-,14-,15-,16-,17-,18-,19-,20-,21-,22-,23-,24-,25-,26-,27-,28-,29-,30-,31-,32-,33-,34-,35-,36-/m1/s1. The van der Waals surface area contributed by atoms with Crippen LogP contribution in [0.15, 0.2) is 0 Å². The van der Waals surface area contributed by atoms with Crippen LogP contribution in [0.25, 0.3) is 0 Å². The number of aliphatic hydroxyl groups is 17. The normalized spacial score (nSPS) is 56.5. The predicted molar refractivity (Wildman–Crippen MR) is 198 cm³/mol. The molecule has 30 atom stereocenters. The highest BCUT2D eigenvalue weighted by atomic mass is 16.8. The molecule has 0 radical (unpaired) electrons. The van der Waals surface area contributed by atoms with Crippen molar-refractivity contribution in [3.8, 4) is 0 Å². The second kappa shape index (κ2) is 21.3. The summed E-state index contributed by atoms with van der Waals surface area (Å²) in [6, 6.07) is 0. The van der Waals surface area contributed by atoms with E-state index < -0.39 is 217 Å². The van der Waals surface area contributed by atoms with E-state index >= 15 is 0 Å². The summed E-state index contributed by atoms with van der Waals surface area (Å²) in [6.45, 7) is -3.76. The van der Waals surface area contributed by atoms with Crippen LogP contribution in [0.3, 0.4) is 0 Å². The number of hydrogen-bond acceptors (Lipinski definition) is 30. The van der Waals surface area contributed by atoms with Crippen molar-refractivity contribution in [3.63, 3.8) is 0 Å². The molecule has 0 saturated carbocycles. The van der Waals surface area contributed by atoms with Crippen LogP contribution >= 0.6 is 0 Å². The van der Waals surface area contributed by atoms with Gasteiger partial charge in [0.1, 0.15) is 140 Å². The molecule has 0 spiro atoms. The molecule has 0 unspecified atom stereocenters. The smallest absolute Gasteiger partial charge is 0.189 e. The molecule has 22 aliphatic heterocycles. The van der Waals surface area contributed by atoms with Crippen molar-refractivity contribution in [2.45, 2.75) is 191 Å². The minimum Gasteiger partial charge on any atom is -0.394 e. The Balaban J connectivity index is 1.19. The van der Waals surface area contributed by atoms with E-state index in [1.165, 1.54) is 6.92 Å². The number of ether oxygens (including phenoxy) is 12. The minimum atomic E-state index is -2.55. The number of nitrogens with two attached hydrogens (primary N) is 1.